The second-order valence-electron chi connectivity index (χ2n) is 5.93. The Hall–Kier alpha value is -3.41. The highest BCUT2D eigenvalue weighted by Gasteiger charge is 2.22. The minimum atomic E-state index is -0.601. The van der Waals surface area contributed by atoms with Crippen molar-refractivity contribution in [2.24, 2.45) is 0 Å². The van der Waals surface area contributed by atoms with E-state index in [-0.39, 0.29) is 33.5 Å². The molecule has 0 saturated carbocycles. The van der Waals surface area contributed by atoms with Crippen LogP contribution in [-0.2, 0) is 0 Å². The summed E-state index contributed by atoms with van der Waals surface area (Å²) in [6, 6.07) is 9.50. The van der Waals surface area contributed by atoms with Crippen molar-refractivity contribution in [1.29, 1.82) is 5.26 Å². The number of aryl methyl sites for hydroxylation is 1. The van der Waals surface area contributed by atoms with Gasteiger partial charge in [0.15, 0.2) is 11.5 Å². The zero-order valence-corrected chi connectivity index (χ0v) is 16.8. The molecule has 2 N–H and O–H groups in total. The number of benzene rings is 1. The van der Waals surface area contributed by atoms with Crippen LogP contribution in [0.5, 0.6) is 0 Å². The van der Waals surface area contributed by atoms with Crippen molar-refractivity contribution in [3.05, 3.63) is 69.1 Å². The summed E-state index contributed by atoms with van der Waals surface area (Å²) in [6.45, 7) is 1.71. The summed E-state index contributed by atoms with van der Waals surface area (Å²) < 4.78 is 1.18. The van der Waals surface area contributed by atoms with Crippen molar-refractivity contribution in [1.82, 2.24) is 20.1 Å². The van der Waals surface area contributed by atoms with Gasteiger partial charge in [0.1, 0.15) is 11.8 Å². The first kappa shape index (κ1) is 20.3. The Morgan fingerprint density at radius 3 is 2.62 bits per heavy atom. The van der Waals surface area contributed by atoms with Crippen molar-refractivity contribution in [2.45, 2.75) is 6.92 Å². The SMILES string of the molecule is CNC(=O)c1cc(Cl)cc(C)c1NC(=O)c1cc(C#N)nn1-c1ncccc1Cl. The third-order valence-electron chi connectivity index (χ3n) is 4.01. The van der Waals surface area contributed by atoms with Crippen LogP contribution in [0.4, 0.5) is 5.69 Å². The first-order chi connectivity index (χ1) is 13.8. The lowest BCUT2D eigenvalue weighted by molar-refractivity contribution is 0.0964. The van der Waals surface area contributed by atoms with E-state index >= 15 is 0 Å². The van der Waals surface area contributed by atoms with Gasteiger partial charge in [0.25, 0.3) is 11.8 Å². The lowest BCUT2D eigenvalue weighted by atomic mass is 10.1. The normalized spacial score (nSPS) is 10.3. The second kappa shape index (κ2) is 8.31. The Morgan fingerprint density at radius 1 is 1.21 bits per heavy atom. The molecule has 10 heteroatoms. The van der Waals surface area contributed by atoms with E-state index in [1.54, 1.807) is 25.1 Å². The van der Waals surface area contributed by atoms with E-state index in [0.717, 1.165) is 0 Å². The quantitative estimate of drug-likeness (QED) is 0.661. The van der Waals surface area contributed by atoms with Crippen LogP contribution in [0.25, 0.3) is 5.82 Å². The fourth-order valence-electron chi connectivity index (χ4n) is 2.69. The van der Waals surface area contributed by atoms with Crippen LogP contribution in [0.2, 0.25) is 10.0 Å². The Bertz CT molecular complexity index is 1170. The molecule has 2 heterocycles. The maximum atomic E-state index is 13.0. The average Bonchev–Trinajstić information content (AvgIpc) is 3.13. The lowest BCUT2D eigenvalue weighted by Crippen LogP contribution is -2.23. The molecule has 0 atom stereocenters. The van der Waals surface area contributed by atoms with Crippen molar-refractivity contribution < 1.29 is 9.59 Å². The molecule has 3 aromatic rings. The van der Waals surface area contributed by atoms with Crippen LogP contribution in [-0.4, -0.2) is 33.6 Å². The van der Waals surface area contributed by atoms with Crippen molar-refractivity contribution in [3.8, 4) is 11.9 Å². The summed E-state index contributed by atoms with van der Waals surface area (Å²) in [4.78, 5) is 29.4. The van der Waals surface area contributed by atoms with Crippen molar-refractivity contribution in [2.75, 3.05) is 12.4 Å². The Balaban J connectivity index is 2.08. The van der Waals surface area contributed by atoms with Gasteiger partial charge in [-0.05, 0) is 36.8 Å². The Labute approximate surface area is 176 Å². The van der Waals surface area contributed by atoms with Gasteiger partial charge in [0, 0.05) is 24.3 Å². The maximum Gasteiger partial charge on any atom is 0.274 e. The third-order valence-corrected chi connectivity index (χ3v) is 4.52. The number of hydrogen-bond acceptors (Lipinski definition) is 5. The molecular weight excluding hydrogens is 415 g/mol. The first-order valence-corrected chi connectivity index (χ1v) is 9.06. The number of nitrogens with one attached hydrogen (secondary N) is 2. The molecule has 29 heavy (non-hydrogen) atoms. The second-order valence-corrected chi connectivity index (χ2v) is 6.77. The highest BCUT2D eigenvalue weighted by Crippen LogP contribution is 2.27. The van der Waals surface area contributed by atoms with Crippen LogP contribution >= 0.6 is 23.2 Å². The van der Waals surface area contributed by atoms with Crippen LogP contribution in [0.3, 0.4) is 0 Å². The standard InChI is InChI=1S/C19H14Cl2N6O2/c1-10-6-11(20)7-13(18(28)23-2)16(10)25-19(29)15-8-12(9-22)26-27(15)17-14(21)4-3-5-24-17/h3-8H,1-2H3,(H,23,28)(H,25,29). The summed E-state index contributed by atoms with van der Waals surface area (Å²) in [7, 11) is 1.47. The lowest BCUT2D eigenvalue weighted by Gasteiger charge is -2.14. The zero-order valence-electron chi connectivity index (χ0n) is 15.3. The molecule has 0 aliphatic heterocycles. The molecule has 146 valence electrons. The number of pyridine rings is 1. The molecule has 3 rings (SSSR count). The van der Waals surface area contributed by atoms with E-state index in [1.807, 2.05) is 6.07 Å². The number of amides is 2. The highest BCUT2D eigenvalue weighted by molar-refractivity contribution is 6.32. The summed E-state index contributed by atoms with van der Waals surface area (Å²) in [5, 5.41) is 19.1. The number of nitriles is 1. The zero-order chi connectivity index (χ0) is 21.1. The number of carbonyl (C=O) groups excluding carboxylic acids is 2. The van der Waals surface area contributed by atoms with Crippen LogP contribution in [0.15, 0.2) is 36.5 Å². The number of anilines is 1. The maximum absolute atomic E-state index is 13.0. The highest BCUT2D eigenvalue weighted by atomic mass is 35.5. The molecule has 1 aromatic carbocycles. The number of aromatic nitrogens is 3. The molecule has 0 fully saturated rings. The summed E-state index contributed by atoms with van der Waals surface area (Å²) in [5.74, 6) is -0.818. The molecule has 0 saturated heterocycles. The molecule has 0 radical (unpaired) electrons. The predicted molar refractivity (Wildman–Crippen MR) is 109 cm³/mol. The fraction of sp³-hybridized carbons (Fsp3) is 0.105. The molecule has 2 aromatic heterocycles. The average molecular weight is 429 g/mol. The van der Waals surface area contributed by atoms with E-state index in [1.165, 1.54) is 30.1 Å². The summed E-state index contributed by atoms with van der Waals surface area (Å²) in [6.07, 6.45) is 1.49. The van der Waals surface area contributed by atoms with E-state index in [9.17, 15) is 14.9 Å². The van der Waals surface area contributed by atoms with Crippen LogP contribution in [0.1, 0.15) is 32.1 Å². The van der Waals surface area contributed by atoms with Gasteiger partial charge in [-0.1, -0.05) is 23.2 Å². The molecule has 0 aliphatic carbocycles. The number of halogens is 2. The smallest absolute Gasteiger partial charge is 0.274 e. The Morgan fingerprint density at radius 2 is 1.97 bits per heavy atom. The van der Waals surface area contributed by atoms with Gasteiger partial charge in [0.05, 0.1) is 16.3 Å². The van der Waals surface area contributed by atoms with Crippen molar-refractivity contribution in [3.63, 3.8) is 0 Å². The van der Waals surface area contributed by atoms with Gasteiger partial charge in [-0.15, -0.1) is 0 Å². The number of carbonyl (C=O) groups is 2. The van der Waals surface area contributed by atoms with Gasteiger partial charge in [-0.3, -0.25) is 9.59 Å². The van der Waals surface area contributed by atoms with Gasteiger partial charge < -0.3 is 10.6 Å². The predicted octanol–water partition coefficient (Wildman–Crippen LogP) is 3.37. The first-order valence-electron chi connectivity index (χ1n) is 8.30. The van der Waals surface area contributed by atoms with Crippen LogP contribution < -0.4 is 10.6 Å². The van der Waals surface area contributed by atoms with Gasteiger partial charge >= 0.3 is 0 Å². The van der Waals surface area contributed by atoms with E-state index < -0.39 is 11.8 Å². The number of nitrogens with zero attached hydrogens (tertiary/aromatic N) is 4. The molecular formula is C19H14Cl2N6O2. The molecule has 2 amide bonds. The largest absolute Gasteiger partial charge is 0.355 e. The van der Waals surface area contributed by atoms with E-state index in [0.29, 0.717) is 10.6 Å². The Kier molecular flexibility index (Phi) is 5.82. The molecule has 0 unspecified atom stereocenters. The molecule has 0 spiro atoms. The monoisotopic (exact) mass is 428 g/mol. The van der Waals surface area contributed by atoms with Gasteiger partial charge in [-0.25, -0.2) is 9.67 Å². The van der Waals surface area contributed by atoms with Crippen molar-refractivity contribution >= 4 is 40.7 Å². The molecule has 0 aliphatic rings. The number of rotatable bonds is 4. The topological polar surface area (TPSA) is 113 Å². The fourth-order valence-corrected chi connectivity index (χ4v) is 3.17. The minimum Gasteiger partial charge on any atom is -0.355 e. The molecule has 0 bridgehead atoms. The van der Waals surface area contributed by atoms with E-state index in [2.05, 4.69) is 20.7 Å². The van der Waals surface area contributed by atoms with E-state index in [4.69, 9.17) is 23.2 Å². The number of hydrogen-bond donors (Lipinski definition) is 2. The third kappa shape index (κ3) is 4.06. The van der Waals surface area contributed by atoms with Gasteiger partial charge in [-0.2, -0.15) is 10.4 Å². The summed E-state index contributed by atoms with van der Waals surface area (Å²) in [5.41, 5.74) is 1.12. The van der Waals surface area contributed by atoms with Gasteiger partial charge in [0.2, 0.25) is 0 Å². The summed E-state index contributed by atoms with van der Waals surface area (Å²) >= 11 is 12.2. The minimum absolute atomic E-state index is 0.0104. The van der Waals surface area contributed by atoms with Crippen LogP contribution in [0, 0.1) is 18.3 Å². The molecule has 8 nitrogen and oxygen atoms in total.